The summed E-state index contributed by atoms with van der Waals surface area (Å²) in [6.45, 7) is 0. The van der Waals surface area contributed by atoms with E-state index in [0.717, 1.165) is 0 Å². The molecule has 0 saturated carbocycles. The smallest absolute Gasteiger partial charge is 0.189 e. The molecule has 3 N–H and O–H groups in total. The van der Waals surface area contributed by atoms with Crippen molar-refractivity contribution in [3.05, 3.63) is 29.4 Å². The van der Waals surface area contributed by atoms with Gasteiger partial charge >= 0.3 is 0 Å². The third kappa shape index (κ3) is 1.40. The lowest BCUT2D eigenvalue weighted by atomic mass is 10.1. The average molecular weight is 211 g/mol. The first kappa shape index (κ1) is 8.90. The van der Waals surface area contributed by atoms with Crippen LogP contribution in [-0.2, 0) is 0 Å². The van der Waals surface area contributed by atoms with Gasteiger partial charge in [0.25, 0.3) is 0 Å². The maximum absolute atomic E-state index is 9.20. The number of aromatic nitrogens is 1. The number of anilines is 1. The topological polar surface area (TPSA) is 72.3 Å². The van der Waals surface area contributed by atoms with Crippen LogP contribution in [0.15, 0.2) is 28.9 Å². The monoisotopic (exact) mass is 210 g/mol. The summed E-state index contributed by atoms with van der Waals surface area (Å²) in [5.41, 5.74) is 6.72. The zero-order valence-corrected chi connectivity index (χ0v) is 7.82. The van der Waals surface area contributed by atoms with Gasteiger partial charge in [-0.1, -0.05) is 16.8 Å². The van der Waals surface area contributed by atoms with Gasteiger partial charge in [-0.25, -0.2) is 0 Å². The van der Waals surface area contributed by atoms with Crippen molar-refractivity contribution >= 4 is 17.3 Å². The Labute approximate surface area is 84.9 Å². The molecule has 0 aliphatic heterocycles. The van der Waals surface area contributed by atoms with Gasteiger partial charge in [0, 0.05) is 5.56 Å². The predicted molar refractivity (Wildman–Crippen MR) is 53.0 cm³/mol. The number of nitrogens with two attached hydrogens (primary N) is 1. The van der Waals surface area contributed by atoms with Gasteiger partial charge in [-0.15, -0.1) is 0 Å². The van der Waals surface area contributed by atoms with Crippen molar-refractivity contribution in [1.29, 1.82) is 0 Å². The van der Waals surface area contributed by atoms with Crippen molar-refractivity contribution in [2.24, 2.45) is 0 Å². The first-order valence-corrected chi connectivity index (χ1v) is 4.25. The number of halogens is 1. The van der Waals surface area contributed by atoms with Crippen LogP contribution in [0.25, 0.3) is 11.3 Å². The Morgan fingerprint density at radius 2 is 2.21 bits per heavy atom. The Balaban J connectivity index is 2.53. The molecule has 0 aliphatic rings. The average Bonchev–Trinajstić information content (AvgIpc) is 2.57. The van der Waals surface area contributed by atoms with E-state index in [4.69, 9.17) is 21.9 Å². The summed E-state index contributed by atoms with van der Waals surface area (Å²) in [5.74, 6) is 0.473. The summed E-state index contributed by atoms with van der Waals surface area (Å²) >= 11 is 5.73. The molecule has 0 saturated heterocycles. The minimum Gasteiger partial charge on any atom is -0.506 e. The van der Waals surface area contributed by atoms with Crippen LogP contribution in [0.3, 0.4) is 0 Å². The van der Waals surface area contributed by atoms with Crippen LogP contribution in [0.4, 0.5) is 5.69 Å². The van der Waals surface area contributed by atoms with E-state index < -0.39 is 0 Å². The molecule has 0 spiro atoms. The largest absolute Gasteiger partial charge is 0.506 e. The Hall–Kier alpha value is -1.68. The SMILES string of the molecule is Nc1cnoc1-c1ccc(O)c(Cl)c1. The summed E-state index contributed by atoms with van der Waals surface area (Å²) in [6.07, 6.45) is 1.41. The lowest BCUT2D eigenvalue weighted by molar-refractivity contribution is 0.432. The Bertz CT molecular complexity index is 468. The highest BCUT2D eigenvalue weighted by atomic mass is 35.5. The summed E-state index contributed by atoms with van der Waals surface area (Å²) in [6, 6.07) is 4.69. The highest BCUT2D eigenvalue weighted by molar-refractivity contribution is 6.32. The van der Waals surface area contributed by atoms with Gasteiger partial charge in [-0.2, -0.15) is 0 Å². The fraction of sp³-hybridized carbons (Fsp3) is 0. The second kappa shape index (κ2) is 3.23. The first-order chi connectivity index (χ1) is 6.68. The van der Waals surface area contributed by atoms with Gasteiger partial charge in [0.2, 0.25) is 0 Å². The van der Waals surface area contributed by atoms with Crippen LogP contribution < -0.4 is 5.73 Å². The van der Waals surface area contributed by atoms with Crippen molar-refractivity contribution in [1.82, 2.24) is 5.16 Å². The summed E-state index contributed by atoms with van der Waals surface area (Å²) in [7, 11) is 0. The summed E-state index contributed by atoms with van der Waals surface area (Å²) in [4.78, 5) is 0. The second-order valence-corrected chi connectivity index (χ2v) is 3.18. The van der Waals surface area contributed by atoms with Crippen molar-refractivity contribution in [2.45, 2.75) is 0 Å². The maximum atomic E-state index is 9.20. The first-order valence-electron chi connectivity index (χ1n) is 3.87. The molecule has 1 aromatic heterocycles. The van der Waals surface area contributed by atoms with E-state index in [0.29, 0.717) is 17.0 Å². The molecule has 0 unspecified atom stereocenters. The molecule has 2 rings (SSSR count). The van der Waals surface area contributed by atoms with Crippen molar-refractivity contribution in [3.63, 3.8) is 0 Å². The molecule has 2 aromatic rings. The van der Waals surface area contributed by atoms with Gasteiger partial charge in [0.05, 0.1) is 11.2 Å². The highest BCUT2D eigenvalue weighted by Crippen LogP contribution is 2.31. The maximum Gasteiger partial charge on any atom is 0.189 e. The molecule has 0 bridgehead atoms. The number of phenols is 1. The van der Waals surface area contributed by atoms with Gasteiger partial charge in [-0.05, 0) is 18.2 Å². The third-order valence-electron chi connectivity index (χ3n) is 1.81. The zero-order chi connectivity index (χ0) is 10.1. The minimum absolute atomic E-state index is 0.0218. The Morgan fingerprint density at radius 3 is 2.79 bits per heavy atom. The van der Waals surface area contributed by atoms with Crippen LogP contribution >= 0.6 is 11.6 Å². The van der Waals surface area contributed by atoms with Crippen molar-refractivity contribution in [3.8, 4) is 17.1 Å². The second-order valence-electron chi connectivity index (χ2n) is 2.78. The molecule has 4 nitrogen and oxygen atoms in total. The molecular weight excluding hydrogens is 204 g/mol. The number of benzene rings is 1. The fourth-order valence-electron chi connectivity index (χ4n) is 1.11. The molecule has 14 heavy (non-hydrogen) atoms. The van der Waals surface area contributed by atoms with Gasteiger partial charge < -0.3 is 15.4 Å². The van der Waals surface area contributed by atoms with E-state index in [9.17, 15) is 5.11 Å². The lowest BCUT2D eigenvalue weighted by Gasteiger charge is -1.99. The Morgan fingerprint density at radius 1 is 1.43 bits per heavy atom. The summed E-state index contributed by atoms with van der Waals surface area (Å²) < 4.78 is 4.93. The normalized spacial score (nSPS) is 10.4. The molecule has 0 fully saturated rings. The van der Waals surface area contributed by atoms with Crippen LogP contribution in [0, 0.1) is 0 Å². The van der Waals surface area contributed by atoms with Gasteiger partial charge in [0.15, 0.2) is 5.76 Å². The summed E-state index contributed by atoms with van der Waals surface area (Å²) in [5, 5.41) is 13.0. The van der Waals surface area contributed by atoms with Crippen LogP contribution in [0.2, 0.25) is 5.02 Å². The number of phenolic OH excluding ortho intramolecular Hbond substituents is 1. The molecule has 5 heteroatoms. The number of hydrogen-bond acceptors (Lipinski definition) is 4. The minimum atomic E-state index is 0.0218. The van der Waals surface area contributed by atoms with E-state index in [1.165, 1.54) is 12.3 Å². The molecule has 0 aliphatic carbocycles. The number of nitrogen functional groups attached to an aromatic ring is 1. The molecule has 1 aromatic carbocycles. The van der Waals surface area contributed by atoms with Crippen molar-refractivity contribution in [2.75, 3.05) is 5.73 Å². The van der Waals surface area contributed by atoms with Crippen LogP contribution in [-0.4, -0.2) is 10.3 Å². The third-order valence-corrected chi connectivity index (χ3v) is 2.11. The standard InChI is InChI=1S/C9H7ClN2O2/c10-6-3-5(1-2-8(6)13)9-7(11)4-12-14-9/h1-4,13H,11H2. The number of aromatic hydroxyl groups is 1. The van der Waals surface area contributed by atoms with E-state index in [1.807, 2.05) is 0 Å². The van der Waals surface area contributed by atoms with Gasteiger partial charge in [0.1, 0.15) is 11.4 Å². The van der Waals surface area contributed by atoms with Crippen LogP contribution in [0.5, 0.6) is 5.75 Å². The quantitative estimate of drug-likeness (QED) is 0.758. The van der Waals surface area contributed by atoms with Crippen molar-refractivity contribution < 1.29 is 9.63 Å². The highest BCUT2D eigenvalue weighted by Gasteiger charge is 2.09. The number of hydrogen-bond donors (Lipinski definition) is 2. The van der Waals surface area contributed by atoms with E-state index >= 15 is 0 Å². The molecule has 72 valence electrons. The zero-order valence-electron chi connectivity index (χ0n) is 7.07. The van der Waals surface area contributed by atoms with Gasteiger partial charge in [-0.3, -0.25) is 0 Å². The number of rotatable bonds is 1. The predicted octanol–water partition coefficient (Wildman–Crippen LogP) is 2.28. The van der Waals surface area contributed by atoms with E-state index in [1.54, 1.807) is 12.1 Å². The molecule has 0 amide bonds. The fourth-order valence-corrected chi connectivity index (χ4v) is 1.30. The van der Waals surface area contributed by atoms with E-state index in [-0.39, 0.29) is 10.8 Å². The molecule has 1 heterocycles. The number of nitrogens with zero attached hydrogens (tertiary/aromatic N) is 1. The molecule has 0 radical (unpaired) electrons. The molecular formula is C9H7ClN2O2. The molecule has 0 atom stereocenters. The Kier molecular flexibility index (Phi) is 2.05. The van der Waals surface area contributed by atoms with E-state index in [2.05, 4.69) is 5.16 Å². The lowest BCUT2D eigenvalue weighted by Crippen LogP contribution is -1.84. The van der Waals surface area contributed by atoms with Crippen LogP contribution in [0.1, 0.15) is 0 Å².